The van der Waals surface area contributed by atoms with E-state index in [1.54, 1.807) is 13.8 Å². The Morgan fingerprint density at radius 2 is 0.923 bits per heavy atom. The minimum atomic E-state index is -8.64. The highest BCUT2D eigenvalue weighted by Gasteiger charge is 2.95. The van der Waals surface area contributed by atoms with Gasteiger partial charge in [0.25, 0.3) is 0 Å². The van der Waals surface area contributed by atoms with Crippen molar-refractivity contribution >= 4 is 0 Å². The minimum absolute atomic E-state index is 0.0718. The van der Waals surface area contributed by atoms with Crippen molar-refractivity contribution in [3.8, 4) is 0 Å². The zero-order chi connectivity index (χ0) is 31.3. The number of ether oxygens (including phenoxy) is 1. The summed E-state index contributed by atoms with van der Waals surface area (Å²) in [5, 5.41) is 0. The fourth-order valence-electron chi connectivity index (χ4n) is 3.23. The summed E-state index contributed by atoms with van der Waals surface area (Å²) in [5.41, 5.74) is 0.114. The van der Waals surface area contributed by atoms with Crippen LogP contribution in [0.2, 0.25) is 0 Å². The molecule has 1 rings (SSSR count). The van der Waals surface area contributed by atoms with Crippen LogP contribution in [0.3, 0.4) is 0 Å². The van der Waals surface area contributed by atoms with E-state index in [1.165, 1.54) is 12.1 Å². The second kappa shape index (κ2) is 10.4. The topological polar surface area (TPSA) is 9.23 Å². The van der Waals surface area contributed by atoms with E-state index in [9.17, 15) is 74.6 Å². The fraction of sp³-hybridized carbons (Fsp3) is 0.714. The van der Waals surface area contributed by atoms with Crippen LogP contribution in [0, 0.1) is 5.92 Å². The van der Waals surface area contributed by atoms with Gasteiger partial charge in [-0.2, -0.15) is 74.6 Å². The molecule has 0 N–H and O–H groups in total. The van der Waals surface area contributed by atoms with Crippen LogP contribution in [0.5, 0.6) is 0 Å². The third kappa shape index (κ3) is 5.62. The van der Waals surface area contributed by atoms with E-state index in [4.69, 9.17) is 0 Å². The van der Waals surface area contributed by atoms with E-state index < -0.39 is 65.7 Å². The molecule has 18 heteroatoms. The first kappa shape index (κ1) is 35.0. The lowest BCUT2D eigenvalue weighted by molar-refractivity contribution is -0.462. The summed E-state index contributed by atoms with van der Waals surface area (Å²) >= 11 is 0. The summed E-state index contributed by atoms with van der Waals surface area (Å²) in [6, 6.07) is 4.45. The molecule has 1 atom stereocenters. The predicted molar refractivity (Wildman–Crippen MR) is 100 cm³/mol. The second-order valence-corrected chi connectivity index (χ2v) is 8.92. The maximum Gasteiger partial charge on any atom is 0.460 e. The third-order valence-electron chi connectivity index (χ3n) is 5.51. The number of benzene rings is 1. The molecule has 0 radical (unpaired) electrons. The largest absolute Gasteiger partial charge is 0.460 e. The molecule has 0 fully saturated rings. The monoisotopic (exact) mass is 610 g/mol. The quantitative estimate of drug-likeness (QED) is 0.215. The molecule has 0 amide bonds. The average Bonchev–Trinajstić information content (AvgIpc) is 2.76. The van der Waals surface area contributed by atoms with Crippen LogP contribution in [-0.2, 0) is 11.2 Å². The number of rotatable bonds is 12. The van der Waals surface area contributed by atoms with E-state index in [2.05, 4.69) is 4.74 Å². The molecule has 0 spiro atoms. The van der Waals surface area contributed by atoms with E-state index >= 15 is 0 Å². The number of hydrogen-bond acceptors (Lipinski definition) is 1. The van der Waals surface area contributed by atoms with Crippen molar-refractivity contribution in [2.75, 3.05) is 7.11 Å². The molecule has 228 valence electrons. The van der Waals surface area contributed by atoms with Crippen molar-refractivity contribution in [1.29, 1.82) is 0 Å². The molecule has 1 unspecified atom stereocenters. The molecule has 0 saturated heterocycles. The second-order valence-electron chi connectivity index (χ2n) is 8.92. The average molecular weight is 610 g/mol. The van der Waals surface area contributed by atoms with E-state index in [0.717, 1.165) is 12.1 Å². The molecule has 1 aromatic rings. The highest BCUT2D eigenvalue weighted by atomic mass is 19.4. The Labute approximate surface area is 209 Å². The van der Waals surface area contributed by atoms with Crippen LogP contribution in [0.15, 0.2) is 24.3 Å². The van der Waals surface area contributed by atoms with Crippen molar-refractivity contribution < 1.29 is 79.4 Å². The van der Waals surface area contributed by atoms with Gasteiger partial charge >= 0.3 is 47.6 Å². The van der Waals surface area contributed by atoms with Gasteiger partial charge in [0, 0.05) is 13.5 Å². The molecule has 1 aromatic carbocycles. The summed E-state index contributed by atoms with van der Waals surface area (Å²) in [5.74, 6) is -56.4. The van der Waals surface area contributed by atoms with Gasteiger partial charge in [0.1, 0.15) is 0 Å². The predicted octanol–water partition coefficient (Wildman–Crippen LogP) is 8.97. The van der Waals surface area contributed by atoms with Gasteiger partial charge in [-0.25, -0.2) is 0 Å². The molecule has 0 saturated carbocycles. The van der Waals surface area contributed by atoms with Gasteiger partial charge in [-0.3, -0.25) is 0 Å². The van der Waals surface area contributed by atoms with Crippen LogP contribution in [0.25, 0.3) is 0 Å². The number of hydrogen-bond donors (Lipinski definition) is 0. The zero-order valence-electron chi connectivity index (χ0n) is 19.7. The van der Waals surface area contributed by atoms with Crippen LogP contribution in [0.4, 0.5) is 74.6 Å². The number of methoxy groups -OCH3 is 1. The molecular weight excluding hydrogens is 591 g/mol. The standard InChI is InChI=1S/C21H19F17O/c1-10(2)8-11-4-6-12(7-5-11)13(39-3)9-14(22,23)15(24,25)16(26,27)17(28,29)18(30,31)19(32,33)20(34,35)21(36,37)38/h4-7,10,13H,8-9H2,1-3H3. The lowest BCUT2D eigenvalue weighted by Crippen LogP contribution is -2.74. The lowest BCUT2D eigenvalue weighted by Gasteiger charge is -2.43. The Balaban J connectivity index is 3.51. The van der Waals surface area contributed by atoms with Gasteiger partial charge in [-0.15, -0.1) is 0 Å². The van der Waals surface area contributed by atoms with Gasteiger partial charge < -0.3 is 4.74 Å². The molecule has 39 heavy (non-hydrogen) atoms. The first-order valence-electron chi connectivity index (χ1n) is 10.4. The van der Waals surface area contributed by atoms with Gasteiger partial charge in [0.05, 0.1) is 6.10 Å². The molecular formula is C21H19F17O. The number of halogens is 17. The van der Waals surface area contributed by atoms with Gasteiger partial charge in [-0.1, -0.05) is 38.1 Å². The zero-order valence-corrected chi connectivity index (χ0v) is 19.7. The normalized spacial score (nSPS) is 16.1. The summed E-state index contributed by atoms with van der Waals surface area (Å²) in [6.07, 6.45) is -12.4. The molecule has 0 aliphatic heterocycles. The number of alkyl halides is 17. The van der Waals surface area contributed by atoms with Crippen LogP contribution >= 0.6 is 0 Å². The SMILES string of the molecule is COC(CC(F)(F)C(F)(F)C(F)(F)C(F)(F)C(F)(F)C(F)(F)C(F)(F)C(F)(F)F)c1ccc(CC(C)C)cc1. The smallest absolute Gasteiger partial charge is 0.377 e. The van der Waals surface area contributed by atoms with E-state index in [1.807, 2.05) is 0 Å². The third-order valence-corrected chi connectivity index (χ3v) is 5.51. The molecule has 0 aromatic heterocycles. The molecule has 0 aliphatic rings. The summed E-state index contributed by atoms with van der Waals surface area (Å²) in [4.78, 5) is 0. The Bertz CT molecular complexity index is 964. The van der Waals surface area contributed by atoms with E-state index in [-0.39, 0.29) is 5.92 Å². The first-order chi connectivity index (χ1) is 17.1. The maximum absolute atomic E-state index is 14.3. The Kier molecular flexibility index (Phi) is 9.37. The molecule has 0 aliphatic carbocycles. The van der Waals surface area contributed by atoms with Crippen molar-refractivity contribution in [2.45, 2.75) is 80.4 Å². The highest BCUT2D eigenvalue weighted by Crippen LogP contribution is 2.64. The van der Waals surface area contributed by atoms with Crippen LogP contribution in [-0.4, -0.2) is 54.7 Å². The summed E-state index contributed by atoms with van der Waals surface area (Å²) < 4.78 is 233. The van der Waals surface area contributed by atoms with Gasteiger partial charge in [0.2, 0.25) is 0 Å². The maximum atomic E-state index is 14.3. The van der Waals surface area contributed by atoms with Crippen molar-refractivity contribution in [3.05, 3.63) is 35.4 Å². The summed E-state index contributed by atoms with van der Waals surface area (Å²) in [7, 11) is 0.557. The van der Waals surface area contributed by atoms with E-state index in [0.29, 0.717) is 19.1 Å². The van der Waals surface area contributed by atoms with Gasteiger partial charge in [0.15, 0.2) is 0 Å². The molecule has 1 nitrogen and oxygen atoms in total. The Morgan fingerprint density at radius 3 is 1.26 bits per heavy atom. The Hall–Kier alpha value is -2.01. The van der Waals surface area contributed by atoms with Crippen molar-refractivity contribution in [1.82, 2.24) is 0 Å². The fourth-order valence-corrected chi connectivity index (χ4v) is 3.23. The van der Waals surface area contributed by atoms with Crippen molar-refractivity contribution in [3.63, 3.8) is 0 Å². The van der Waals surface area contributed by atoms with Crippen LogP contribution in [0.1, 0.15) is 37.5 Å². The van der Waals surface area contributed by atoms with Crippen molar-refractivity contribution in [2.24, 2.45) is 5.92 Å². The molecule has 0 heterocycles. The molecule has 0 bridgehead atoms. The van der Waals surface area contributed by atoms with Crippen LogP contribution < -0.4 is 0 Å². The van der Waals surface area contributed by atoms with Gasteiger partial charge in [-0.05, 0) is 23.5 Å². The minimum Gasteiger partial charge on any atom is -0.377 e. The lowest BCUT2D eigenvalue weighted by atomic mass is 9.87. The highest BCUT2D eigenvalue weighted by molar-refractivity contribution is 5.25. The summed E-state index contributed by atoms with van der Waals surface area (Å²) in [6.45, 7) is 3.54. The Morgan fingerprint density at radius 1 is 0.564 bits per heavy atom. The first-order valence-corrected chi connectivity index (χ1v) is 10.4.